The second-order valence-electron chi connectivity index (χ2n) is 7.83. The van der Waals surface area contributed by atoms with Crippen molar-refractivity contribution in [3.63, 3.8) is 0 Å². The number of ether oxygens (including phenoxy) is 1. The van der Waals surface area contributed by atoms with Crippen LogP contribution in [-0.2, 0) is 16.7 Å². The molecular weight excluding hydrogens is 362 g/mol. The van der Waals surface area contributed by atoms with Gasteiger partial charge in [0, 0.05) is 44.0 Å². The first-order chi connectivity index (χ1) is 14.1. The molecule has 29 heavy (non-hydrogen) atoms. The van der Waals surface area contributed by atoms with E-state index in [1.165, 1.54) is 11.1 Å². The summed E-state index contributed by atoms with van der Waals surface area (Å²) in [5, 5.41) is 7.99. The van der Waals surface area contributed by atoms with Gasteiger partial charge in [0.1, 0.15) is 11.6 Å². The molecule has 0 unspecified atom stereocenters. The summed E-state index contributed by atoms with van der Waals surface area (Å²) in [6.07, 6.45) is 3.82. The Morgan fingerprint density at radius 1 is 1.10 bits per heavy atom. The summed E-state index contributed by atoms with van der Waals surface area (Å²) >= 11 is 0. The number of anilines is 1. The van der Waals surface area contributed by atoms with Gasteiger partial charge >= 0.3 is 0 Å². The second-order valence-corrected chi connectivity index (χ2v) is 7.83. The molecule has 1 aliphatic heterocycles. The predicted molar refractivity (Wildman–Crippen MR) is 115 cm³/mol. The molecule has 1 N–H and O–H groups in total. The van der Waals surface area contributed by atoms with Crippen LogP contribution in [0.3, 0.4) is 0 Å². The van der Waals surface area contributed by atoms with Crippen molar-refractivity contribution in [2.45, 2.75) is 45.6 Å². The molecule has 2 aromatic heterocycles. The summed E-state index contributed by atoms with van der Waals surface area (Å²) in [5.74, 6) is 1.61. The van der Waals surface area contributed by atoms with Crippen molar-refractivity contribution in [2.24, 2.45) is 0 Å². The maximum atomic E-state index is 5.68. The van der Waals surface area contributed by atoms with Crippen molar-refractivity contribution >= 4 is 5.82 Å². The average Bonchev–Trinajstić information content (AvgIpc) is 3.22. The molecule has 0 amide bonds. The van der Waals surface area contributed by atoms with Crippen LogP contribution in [0.1, 0.15) is 36.7 Å². The van der Waals surface area contributed by atoms with Gasteiger partial charge in [-0.1, -0.05) is 29.8 Å². The molecule has 1 saturated heterocycles. The van der Waals surface area contributed by atoms with Gasteiger partial charge in [0.05, 0.1) is 11.4 Å². The van der Waals surface area contributed by atoms with Crippen LogP contribution in [-0.4, -0.2) is 39.5 Å². The molecule has 1 aromatic carbocycles. The zero-order valence-electron chi connectivity index (χ0n) is 17.5. The van der Waals surface area contributed by atoms with E-state index in [0.717, 1.165) is 62.2 Å². The molecule has 0 saturated carbocycles. The third-order valence-corrected chi connectivity index (χ3v) is 5.80. The number of nitrogens with one attached hydrogen (secondary N) is 1. The average molecular weight is 392 g/mol. The van der Waals surface area contributed by atoms with E-state index in [1.807, 2.05) is 29.9 Å². The van der Waals surface area contributed by atoms with E-state index in [-0.39, 0.29) is 5.41 Å². The van der Waals surface area contributed by atoms with Crippen LogP contribution >= 0.6 is 0 Å². The van der Waals surface area contributed by atoms with Crippen LogP contribution in [0.5, 0.6) is 0 Å². The number of benzene rings is 1. The summed E-state index contributed by atoms with van der Waals surface area (Å²) in [5.41, 5.74) is 4.63. The van der Waals surface area contributed by atoms with Crippen LogP contribution in [0.15, 0.2) is 42.6 Å². The highest BCUT2D eigenvalue weighted by atomic mass is 16.5. The summed E-state index contributed by atoms with van der Waals surface area (Å²) in [6.45, 7) is 9.39. The van der Waals surface area contributed by atoms with Gasteiger partial charge in [-0.25, -0.2) is 9.97 Å². The fraction of sp³-hybridized carbons (Fsp3) is 0.435. The lowest BCUT2D eigenvalue weighted by atomic mass is 9.73. The first-order valence-corrected chi connectivity index (χ1v) is 10.4. The number of hydrogen-bond donors (Lipinski definition) is 1. The Kier molecular flexibility index (Phi) is 5.62. The highest BCUT2D eigenvalue weighted by molar-refractivity contribution is 5.59. The Morgan fingerprint density at radius 3 is 2.69 bits per heavy atom. The standard InChI is InChI=1S/C23H29N5O/c1-4-28-21(8-11-25-28)20-15-22(27-18(3)26-20)24-16-23(9-12-29-13-10-23)19-7-5-6-17(2)14-19/h5-8,11,14-15H,4,9-10,12-13,16H2,1-3H3,(H,24,26,27). The lowest BCUT2D eigenvalue weighted by Crippen LogP contribution is -2.40. The van der Waals surface area contributed by atoms with Crippen molar-refractivity contribution in [1.82, 2.24) is 19.7 Å². The van der Waals surface area contributed by atoms with Gasteiger partial charge < -0.3 is 10.1 Å². The molecular formula is C23H29N5O. The van der Waals surface area contributed by atoms with Gasteiger partial charge in [-0.15, -0.1) is 0 Å². The fourth-order valence-corrected chi connectivity index (χ4v) is 4.16. The number of hydrogen-bond acceptors (Lipinski definition) is 5. The van der Waals surface area contributed by atoms with Crippen LogP contribution < -0.4 is 5.32 Å². The molecule has 1 fully saturated rings. The van der Waals surface area contributed by atoms with E-state index in [0.29, 0.717) is 0 Å². The van der Waals surface area contributed by atoms with E-state index in [9.17, 15) is 0 Å². The number of aryl methyl sites for hydroxylation is 3. The summed E-state index contributed by atoms with van der Waals surface area (Å²) < 4.78 is 7.63. The van der Waals surface area contributed by atoms with E-state index in [1.54, 1.807) is 0 Å². The van der Waals surface area contributed by atoms with Crippen molar-refractivity contribution < 1.29 is 4.74 Å². The van der Waals surface area contributed by atoms with Crippen molar-refractivity contribution in [2.75, 3.05) is 25.1 Å². The maximum Gasteiger partial charge on any atom is 0.130 e. The molecule has 0 bridgehead atoms. The third kappa shape index (κ3) is 4.17. The van der Waals surface area contributed by atoms with Crippen LogP contribution in [0.25, 0.3) is 11.4 Å². The van der Waals surface area contributed by atoms with Crippen LogP contribution in [0.2, 0.25) is 0 Å². The van der Waals surface area contributed by atoms with Gasteiger partial charge in [-0.2, -0.15) is 5.10 Å². The number of aromatic nitrogens is 4. The van der Waals surface area contributed by atoms with Crippen molar-refractivity contribution in [1.29, 1.82) is 0 Å². The minimum Gasteiger partial charge on any atom is -0.381 e. The maximum absolute atomic E-state index is 5.68. The Morgan fingerprint density at radius 2 is 1.93 bits per heavy atom. The Hall–Kier alpha value is -2.73. The van der Waals surface area contributed by atoms with Gasteiger partial charge in [-0.05, 0) is 45.2 Å². The molecule has 152 valence electrons. The molecule has 0 spiro atoms. The second kappa shape index (κ2) is 8.33. The Balaban J connectivity index is 1.61. The monoisotopic (exact) mass is 391 g/mol. The van der Waals surface area contributed by atoms with E-state index >= 15 is 0 Å². The lowest BCUT2D eigenvalue weighted by molar-refractivity contribution is 0.0543. The molecule has 0 radical (unpaired) electrons. The molecule has 0 aliphatic carbocycles. The normalized spacial score (nSPS) is 16.0. The SMILES string of the molecule is CCn1nccc1-c1cc(NCC2(c3cccc(C)c3)CCOCC2)nc(C)n1. The highest BCUT2D eigenvalue weighted by Crippen LogP contribution is 2.35. The van der Waals surface area contributed by atoms with Crippen molar-refractivity contribution in [3.05, 3.63) is 59.5 Å². The zero-order chi connectivity index (χ0) is 20.3. The lowest BCUT2D eigenvalue weighted by Gasteiger charge is -2.38. The van der Waals surface area contributed by atoms with Crippen LogP contribution in [0.4, 0.5) is 5.82 Å². The topological polar surface area (TPSA) is 64.9 Å². The van der Waals surface area contributed by atoms with Crippen LogP contribution in [0, 0.1) is 13.8 Å². The Labute approximate surface area is 172 Å². The summed E-state index contributed by atoms with van der Waals surface area (Å²) in [7, 11) is 0. The van der Waals surface area contributed by atoms with Gasteiger partial charge in [-0.3, -0.25) is 4.68 Å². The van der Waals surface area contributed by atoms with E-state index in [4.69, 9.17) is 4.74 Å². The van der Waals surface area contributed by atoms with E-state index < -0.39 is 0 Å². The molecule has 6 nitrogen and oxygen atoms in total. The minimum absolute atomic E-state index is 0.0501. The number of nitrogens with zero attached hydrogens (tertiary/aromatic N) is 4. The molecule has 3 aromatic rings. The minimum atomic E-state index is 0.0501. The summed E-state index contributed by atoms with van der Waals surface area (Å²) in [6, 6.07) is 12.9. The summed E-state index contributed by atoms with van der Waals surface area (Å²) in [4.78, 5) is 9.28. The number of rotatable bonds is 6. The van der Waals surface area contributed by atoms with Gasteiger partial charge in [0.2, 0.25) is 0 Å². The van der Waals surface area contributed by atoms with Gasteiger partial charge in [0.15, 0.2) is 0 Å². The zero-order valence-corrected chi connectivity index (χ0v) is 17.5. The molecule has 3 heterocycles. The first kappa shape index (κ1) is 19.6. The third-order valence-electron chi connectivity index (χ3n) is 5.80. The highest BCUT2D eigenvalue weighted by Gasteiger charge is 2.34. The molecule has 6 heteroatoms. The Bertz CT molecular complexity index is 975. The smallest absolute Gasteiger partial charge is 0.130 e. The largest absolute Gasteiger partial charge is 0.381 e. The predicted octanol–water partition coefficient (Wildman–Crippen LogP) is 4.14. The van der Waals surface area contributed by atoms with E-state index in [2.05, 4.69) is 58.5 Å². The quantitative estimate of drug-likeness (QED) is 0.684. The fourth-order valence-electron chi connectivity index (χ4n) is 4.16. The van der Waals surface area contributed by atoms with Gasteiger partial charge in [0.25, 0.3) is 0 Å². The van der Waals surface area contributed by atoms with Crippen molar-refractivity contribution in [3.8, 4) is 11.4 Å². The first-order valence-electron chi connectivity index (χ1n) is 10.4. The molecule has 1 aliphatic rings. The molecule has 4 rings (SSSR count). The molecule has 0 atom stereocenters.